The first kappa shape index (κ1) is 13.7. The van der Waals surface area contributed by atoms with Gasteiger partial charge in [0.25, 0.3) is 5.91 Å². The molecule has 0 fully saturated rings. The number of carbonyl (C=O) groups is 1. The van der Waals surface area contributed by atoms with Gasteiger partial charge >= 0.3 is 0 Å². The predicted molar refractivity (Wildman–Crippen MR) is 70.1 cm³/mol. The molecular formula is C13H18N2OS. The summed E-state index contributed by atoms with van der Waals surface area (Å²) in [5.74, 6) is -0.139. The first-order valence-electron chi connectivity index (χ1n) is 5.93. The normalized spacial score (nSPS) is 10.9. The van der Waals surface area contributed by atoms with Gasteiger partial charge in [-0.15, -0.1) is 11.3 Å². The van der Waals surface area contributed by atoms with E-state index in [0.29, 0.717) is 17.7 Å². The maximum Gasteiger partial charge on any atom is 0.262 e. The molecule has 92 valence electrons. The first-order chi connectivity index (χ1) is 8.10. The van der Waals surface area contributed by atoms with E-state index < -0.39 is 5.54 Å². The van der Waals surface area contributed by atoms with Gasteiger partial charge in [0, 0.05) is 4.88 Å². The second-order valence-corrected chi connectivity index (χ2v) is 5.14. The van der Waals surface area contributed by atoms with Crippen molar-refractivity contribution in [3.8, 4) is 6.07 Å². The van der Waals surface area contributed by atoms with Crippen LogP contribution in [0.15, 0.2) is 12.1 Å². The Bertz CT molecular complexity index is 427. The van der Waals surface area contributed by atoms with Crippen LogP contribution in [0.2, 0.25) is 0 Å². The lowest BCUT2D eigenvalue weighted by Gasteiger charge is -2.24. The largest absolute Gasteiger partial charge is 0.333 e. The van der Waals surface area contributed by atoms with Gasteiger partial charge in [-0.25, -0.2) is 0 Å². The van der Waals surface area contributed by atoms with Gasteiger partial charge in [-0.1, -0.05) is 20.8 Å². The molecule has 4 heteroatoms. The SMILES string of the molecule is CCc1ccc(C(=O)NC(C#N)(CC)CC)s1. The molecule has 0 radical (unpaired) electrons. The zero-order valence-electron chi connectivity index (χ0n) is 10.5. The standard InChI is InChI=1S/C13H18N2OS/c1-4-10-7-8-11(17-10)12(16)15-13(5-2,6-3)9-14/h7-8H,4-6H2,1-3H3,(H,15,16). The van der Waals surface area contributed by atoms with Gasteiger partial charge in [-0.05, 0) is 31.4 Å². The Morgan fingerprint density at radius 3 is 2.47 bits per heavy atom. The highest BCUT2D eigenvalue weighted by Gasteiger charge is 2.28. The Hall–Kier alpha value is -1.34. The predicted octanol–water partition coefficient (Wildman–Crippen LogP) is 3.12. The highest BCUT2D eigenvalue weighted by Crippen LogP contribution is 2.20. The number of nitriles is 1. The molecule has 0 unspecified atom stereocenters. The van der Waals surface area contributed by atoms with Gasteiger partial charge in [-0.2, -0.15) is 5.26 Å². The van der Waals surface area contributed by atoms with Crippen molar-refractivity contribution in [2.24, 2.45) is 0 Å². The quantitative estimate of drug-likeness (QED) is 0.873. The molecule has 1 heterocycles. The van der Waals surface area contributed by atoms with Gasteiger partial charge in [0.2, 0.25) is 0 Å². The third-order valence-electron chi connectivity index (χ3n) is 3.01. The fraction of sp³-hybridized carbons (Fsp3) is 0.538. The van der Waals surface area contributed by atoms with Crippen LogP contribution in [-0.2, 0) is 6.42 Å². The van der Waals surface area contributed by atoms with E-state index in [1.54, 1.807) is 0 Å². The van der Waals surface area contributed by atoms with Gasteiger partial charge < -0.3 is 5.32 Å². The monoisotopic (exact) mass is 250 g/mol. The number of nitrogens with zero attached hydrogens (tertiary/aromatic N) is 1. The Kier molecular flexibility index (Phi) is 4.71. The molecule has 0 saturated heterocycles. The van der Waals surface area contributed by atoms with Gasteiger partial charge in [0.15, 0.2) is 0 Å². The van der Waals surface area contributed by atoms with Crippen LogP contribution in [-0.4, -0.2) is 11.4 Å². The fourth-order valence-corrected chi connectivity index (χ4v) is 2.42. The minimum Gasteiger partial charge on any atom is -0.333 e. The van der Waals surface area contributed by atoms with Crippen molar-refractivity contribution >= 4 is 17.2 Å². The average molecular weight is 250 g/mol. The summed E-state index contributed by atoms with van der Waals surface area (Å²) in [5, 5.41) is 12.0. The van der Waals surface area contributed by atoms with E-state index in [2.05, 4.69) is 18.3 Å². The van der Waals surface area contributed by atoms with E-state index in [4.69, 9.17) is 5.26 Å². The van der Waals surface area contributed by atoms with Crippen LogP contribution in [0.1, 0.15) is 48.2 Å². The number of rotatable bonds is 5. The number of carbonyl (C=O) groups excluding carboxylic acids is 1. The van der Waals surface area contributed by atoms with Gasteiger partial charge in [0.05, 0.1) is 10.9 Å². The van der Waals surface area contributed by atoms with Gasteiger partial charge in [-0.3, -0.25) is 4.79 Å². The van der Waals surface area contributed by atoms with Crippen LogP contribution < -0.4 is 5.32 Å². The molecule has 17 heavy (non-hydrogen) atoms. The highest BCUT2D eigenvalue weighted by molar-refractivity contribution is 7.14. The third kappa shape index (κ3) is 3.07. The minimum absolute atomic E-state index is 0.139. The van der Waals surface area contributed by atoms with Crippen LogP contribution >= 0.6 is 11.3 Å². The number of nitrogens with one attached hydrogen (secondary N) is 1. The zero-order valence-corrected chi connectivity index (χ0v) is 11.4. The second kappa shape index (κ2) is 5.83. The summed E-state index contributed by atoms with van der Waals surface area (Å²) in [5.41, 5.74) is -0.729. The molecule has 0 aliphatic heterocycles. The van der Waals surface area contributed by atoms with E-state index in [1.165, 1.54) is 16.2 Å². The summed E-state index contributed by atoms with van der Waals surface area (Å²) in [7, 11) is 0. The Morgan fingerprint density at radius 2 is 2.06 bits per heavy atom. The summed E-state index contributed by atoms with van der Waals surface area (Å²) < 4.78 is 0. The minimum atomic E-state index is -0.729. The molecule has 0 aliphatic rings. The smallest absolute Gasteiger partial charge is 0.262 e. The number of hydrogen-bond acceptors (Lipinski definition) is 3. The van der Waals surface area contributed by atoms with Crippen molar-refractivity contribution in [2.45, 2.75) is 45.6 Å². The van der Waals surface area contributed by atoms with Crippen molar-refractivity contribution in [1.82, 2.24) is 5.32 Å². The molecule has 0 spiro atoms. The van der Waals surface area contributed by atoms with Crippen LogP contribution in [0, 0.1) is 11.3 Å². The molecule has 0 atom stereocenters. The summed E-state index contributed by atoms with van der Waals surface area (Å²) >= 11 is 1.49. The van der Waals surface area contributed by atoms with Gasteiger partial charge in [0.1, 0.15) is 5.54 Å². The second-order valence-electron chi connectivity index (χ2n) is 3.97. The fourth-order valence-electron chi connectivity index (χ4n) is 1.58. The van der Waals surface area contributed by atoms with Crippen molar-refractivity contribution in [3.63, 3.8) is 0 Å². The molecule has 1 aromatic rings. The van der Waals surface area contributed by atoms with Crippen molar-refractivity contribution in [1.29, 1.82) is 5.26 Å². The van der Waals surface area contributed by atoms with Crippen LogP contribution in [0.25, 0.3) is 0 Å². The molecule has 0 aromatic carbocycles. The van der Waals surface area contributed by atoms with E-state index >= 15 is 0 Å². The van der Waals surface area contributed by atoms with Crippen LogP contribution in [0.4, 0.5) is 0 Å². The van der Waals surface area contributed by atoms with E-state index in [9.17, 15) is 4.79 Å². The molecule has 0 bridgehead atoms. The maximum atomic E-state index is 12.0. The Morgan fingerprint density at radius 1 is 1.41 bits per heavy atom. The molecule has 0 aliphatic carbocycles. The molecule has 0 saturated carbocycles. The zero-order chi connectivity index (χ0) is 12.9. The number of thiophene rings is 1. The lowest BCUT2D eigenvalue weighted by atomic mass is 9.95. The van der Waals surface area contributed by atoms with E-state index in [0.717, 1.165) is 6.42 Å². The summed E-state index contributed by atoms with van der Waals surface area (Å²) in [6.07, 6.45) is 2.18. The molecule has 1 rings (SSSR count). The Labute approximate surface area is 106 Å². The lowest BCUT2D eigenvalue weighted by molar-refractivity contribution is 0.0919. The Balaban J connectivity index is 2.81. The lowest BCUT2D eigenvalue weighted by Crippen LogP contribution is -2.46. The van der Waals surface area contributed by atoms with Crippen LogP contribution in [0.5, 0.6) is 0 Å². The maximum absolute atomic E-state index is 12.0. The summed E-state index contributed by atoms with van der Waals surface area (Å²) in [6, 6.07) is 6.00. The number of aryl methyl sites for hydroxylation is 1. The molecule has 1 amide bonds. The molecule has 1 aromatic heterocycles. The van der Waals surface area contributed by atoms with E-state index in [1.807, 2.05) is 26.0 Å². The highest BCUT2D eigenvalue weighted by atomic mass is 32.1. The number of hydrogen-bond donors (Lipinski definition) is 1. The van der Waals surface area contributed by atoms with Crippen molar-refractivity contribution in [3.05, 3.63) is 21.9 Å². The summed E-state index contributed by atoms with van der Waals surface area (Å²) in [6.45, 7) is 5.89. The number of amides is 1. The topological polar surface area (TPSA) is 52.9 Å². The van der Waals surface area contributed by atoms with Crippen molar-refractivity contribution in [2.75, 3.05) is 0 Å². The average Bonchev–Trinajstić information content (AvgIpc) is 2.85. The molecule has 3 nitrogen and oxygen atoms in total. The van der Waals surface area contributed by atoms with Crippen molar-refractivity contribution < 1.29 is 4.79 Å². The summed E-state index contributed by atoms with van der Waals surface area (Å²) in [4.78, 5) is 13.9. The first-order valence-corrected chi connectivity index (χ1v) is 6.75. The third-order valence-corrected chi connectivity index (χ3v) is 4.24. The molecular weight excluding hydrogens is 232 g/mol. The molecule has 1 N–H and O–H groups in total. The van der Waals surface area contributed by atoms with Crippen LogP contribution in [0.3, 0.4) is 0 Å². The van der Waals surface area contributed by atoms with E-state index in [-0.39, 0.29) is 5.91 Å².